The molecule has 5 aromatic rings. The van der Waals surface area contributed by atoms with Gasteiger partial charge in [-0.25, -0.2) is 9.59 Å². The van der Waals surface area contributed by atoms with Gasteiger partial charge in [0.15, 0.2) is 11.3 Å². The van der Waals surface area contributed by atoms with Crippen LogP contribution < -0.4 is 20.7 Å². The monoisotopic (exact) mass is 481 g/mol. The smallest absolute Gasteiger partial charge is 0.344 e. The fourth-order valence-corrected chi connectivity index (χ4v) is 4.72. The van der Waals surface area contributed by atoms with E-state index >= 15 is 0 Å². The van der Waals surface area contributed by atoms with Gasteiger partial charge in [0, 0.05) is 35.5 Å². The van der Waals surface area contributed by atoms with E-state index in [0.29, 0.717) is 65.4 Å². The molecule has 180 valence electrons. The van der Waals surface area contributed by atoms with Crippen LogP contribution in [0.15, 0.2) is 91.2 Å². The lowest BCUT2D eigenvalue weighted by Gasteiger charge is -2.29. The molecule has 0 unspecified atom stereocenters. The molecule has 7 nitrogen and oxygen atoms in total. The zero-order valence-corrected chi connectivity index (χ0v) is 19.7. The van der Waals surface area contributed by atoms with Gasteiger partial charge in [0.05, 0.1) is 17.7 Å². The Morgan fingerprint density at radius 3 is 2.58 bits per heavy atom. The second-order valence-corrected chi connectivity index (χ2v) is 8.70. The largest absolute Gasteiger partial charge is 0.490 e. The summed E-state index contributed by atoms with van der Waals surface area (Å²) in [6.45, 7) is 3.97. The quantitative estimate of drug-likeness (QED) is 0.314. The first-order valence-corrected chi connectivity index (χ1v) is 11.8. The number of hydrogen-bond donors (Lipinski definition) is 0. The highest BCUT2D eigenvalue weighted by Gasteiger charge is 2.24. The summed E-state index contributed by atoms with van der Waals surface area (Å²) in [6.07, 6.45) is 0. The first-order valence-electron chi connectivity index (χ1n) is 11.8. The Hall–Kier alpha value is -4.36. The lowest BCUT2D eigenvalue weighted by Crippen LogP contribution is -2.31. The molecule has 0 N–H and O–H groups in total. The van der Waals surface area contributed by atoms with Crippen LogP contribution in [0.4, 0.5) is 0 Å². The first kappa shape index (κ1) is 22.1. The van der Waals surface area contributed by atoms with Gasteiger partial charge in [-0.2, -0.15) is 0 Å². The number of benzene rings is 3. The molecule has 2 aromatic heterocycles. The van der Waals surface area contributed by atoms with Crippen molar-refractivity contribution in [2.24, 2.45) is 0 Å². The number of fused-ring (bicyclic) bond motifs is 4. The van der Waals surface area contributed by atoms with Crippen molar-refractivity contribution >= 4 is 21.9 Å². The molecular weight excluding hydrogens is 458 g/mol. The zero-order valence-electron chi connectivity index (χ0n) is 19.7. The van der Waals surface area contributed by atoms with Gasteiger partial charge in [0.25, 0.3) is 0 Å². The summed E-state index contributed by atoms with van der Waals surface area (Å²) >= 11 is 0. The van der Waals surface area contributed by atoms with Crippen molar-refractivity contribution in [3.8, 4) is 22.6 Å². The average molecular weight is 482 g/mol. The van der Waals surface area contributed by atoms with Crippen molar-refractivity contribution in [1.82, 2.24) is 4.90 Å². The lowest BCUT2D eigenvalue weighted by atomic mass is 9.99. The summed E-state index contributed by atoms with van der Waals surface area (Å²) in [6, 6.07) is 22.3. The Kier molecular flexibility index (Phi) is 5.54. The van der Waals surface area contributed by atoms with Gasteiger partial charge in [-0.1, -0.05) is 42.5 Å². The van der Waals surface area contributed by atoms with Gasteiger partial charge < -0.3 is 18.3 Å². The Labute approximate surface area is 206 Å². The topological polar surface area (TPSA) is 82.1 Å². The summed E-state index contributed by atoms with van der Waals surface area (Å²) in [7, 11) is 0. The Bertz CT molecular complexity index is 1700. The highest BCUT2D eigenvalue weighted by molar-refractivity contribution is 5.97. The molecular formula is C29H23NO6. The van der Waals surface area contributed by atoms with Crippen LogP contribution in [-0.2, 0) is 13.1 Å². The molecule has 0 amide bonds. The van der Waals surface area contributed by atoms with Crippen LogP contribution in [0.3, 0.4) is 0 Å². The molecule has 0 atom stereocenters. The highest BCUT2D eigenvalue weighted by Crippen LogP contribution is 2.36. The maximum Gasteiger partial charge on any atom is 0.344 e. The third-order valence-corrected chi connectivity index (χ3v) is 6.32. The lowest BCUT2D eigenvalue weighted by molar-refractivity contribution is 0.0890. The van der Waals surface area contributed by atoms with Crippen molar-refractivity contribution in [2.75, 3.05) is 13.3 Å². The van der Waals surface area contributed by atoms with Crippen LogP contribution in [0.2, 0.25) is 0 Å². The van der Waals surface area contributed by atoms with Crippen molar-refractivity contribution in [3.05, 3.63) is 105 Å². The van der Waals surface area contributed by atoms with Crippen molar-refractivity contribution in [2.45, 2.75) is 20.0 Å². The normalized spacial score (nSPS) is 13.5. The van der Waals surface area contributed by atoms with E-state index in [-0.39, 0.29) is 5.56 Å². The van der Waals surface area contributed by atoms with Gasteiger partial charge in [-0.05, 0) is 36.8 Å². The Morgan fingerprint density at radius 2 is 1.75 bits per heavy atom. The standard InChI is InChI=1S/C29H23NO6/c1-2-33-25-10-6-9-19-13-22(29(32)36-27(19)25)21-14-26(31)35-28-20(21)11-12-24-23(28)16-30(17-34-24)15-18-7-4-3-5-8-18/h3-14H,2,15-17H2,1H3. The van der Waals surface area contributed by atoms with Crippen molar-refractivity contribution in [1.29, 1.82) is 0 Å². The molecule has 1 aliphatic heterocycles. The predicted octanol–water partition coefficient (Wildman–Crippen LogP) is 5.32. The van der Waals surface area contributed by atoms with Crippen LogP contribution >= 0.6 is 0 Å². The maximum atomic E-state index is 13.1. The molecule has 0 aliphatic carbocycles. The fourth-order valence-electron chi connectivity index (χ4n) is 4.72. The Morgan fingerprint density at radius 1 is 0.889 bits per heavy atom. The molecule has 0 saturated heterocycles. The van der Waals surface area contributed by atoms with Crippen LogP contribution in [-0.4, -0.2) is 18.2 Å². The number of nitrogens with zero attached hydrogens (tertiary/aromatic N) is 1. The van der Waals surface area contributed by atoms with Crippen molar-refractivity contribution in [3.63, 3.8) is 0 Å². The minimum Gasteiger partial charge on any atom is -0.490 e. The van der Waals surface area contributed by atoms with Crippen molar-refractivity contribution < 1.29 is 18.3 Å². The summed E-state index contributed by atoms with van der Waals surface area (Å²) in [5.74, 6) is 1.17. The van der Waals surface area contributed by atoms with Gasteiger partial charge in [0.2, 0.25) is 0 Å². The van der Waals surface area contributed by atoms with E-state index < -0.39 is 11.3 Å². The third kappa shape index (κ3) is 3.93. The molecule has 3 aromatic carbocycles. The minimum absolute atomic E-state index is 0.284. The first-order chi connectivity index (χ1) is 17.6. The van der Waals surface area contributed by atoms with E-state index in [2.05, 4.69) is 17.0 Å². The fraction of sp³-hybridized carbons (Fsp3) is 0.172. The van der Waals surface area contributed by atoms with E-state index in [0.717, 1.165) is 11.1 Å². The van der Waals surface area contributed by atoms with E-state index in [4.69, 9.17) is 18.3 Å². The molecule has 7 heteroatoms. The number of para-hydroxylation sites is 1. The van der Waals surface area contributed by atoms with Crippen LogP contribution in [0.5, 0.6) is 11.5 Å². The summed E-state index contributed by atoms with van der Waals surface area (Å²) < 4.78 is 23.0. The molecule has 0 bridgehead atoms. The average Bonchev–Trinajstić information content (AvgIpc) is 2.89. The number of ether oxygens (including phenoxy) is 2. The Balaban J connectivity index is 1.47. The van der Waals surface area contributed by atoms with Gasteiger partial charge >= 0.3 is 11.3 Å². The molecule has 0 spiro atoms. The highest BCUT2D eigenvalue weighted by atomic mass is 16.5. The van der Waals surface area contributed by atoms with Gasteiger partial charge in [-0.15, -0.1) is 0 Å². The molecule has 0 radical (unpaired) electrons. The van der Waals surface area contributed by atoms with Crippen LogP contribution in [0.25, 0.3) is 33.1 Å². The third-order valence-electron chi connectivity index (χ3n) is 6.32. The van der Waals surface area contributed by atoms with Gasteiger partial charge in [-0.3, -0.25) is 4.90 Å². The second-order valence-electron chi connectivity index (χ2n) is 8.70. The molecule has 3 heterocycles. The summed E-state index contributed by atoms with van der Waals surface area (Å²) in [5.41, 5.74) is 2.37. The molecule has 36 heavy (non-hydrogen) atoms. The number of hydrogen-bond acceptors (Lipinski definition) is 7. The van der Waals surface area contributed by atoms with E-state index in [1.54, 1.807) is 12.1 Å². The van der Waals surface area contributed by atoms with E-state index in [1.165, 1.54) is 6.07 Å². The number of rotatable bonds is 5. The van der Waals surface area contributed by atoms with Gasteiger partial charge in [0.1, 0.15) is 18.1 Å². The van der Waals surface area contributed by atoms with Crippen LogP contribution in [0.1, 0.15) is 18.1 Å². The SMILES string of the molecule is CCOc1cccc2cc(-c3cc(=O)oc4c5c(ccc34)OCN(Cc3ccccc3)C5)c(=O)oc12. The van der Waals surface area contributed by atoms with E-state index in [9.17, 15) is 9.59 Å². The molecule has 1 aliphatic rings. The minimum atomic E-state index is -0.554. The zero-order chi connectivity index (χ0) is 24.6. The summed E-state index contributed by atoms with van der Waals surface area (Å²) in [5, 5.41) is 1.35. The second kappa shape index (κ2) is 9.02. The summed E-state index contributed by atoms with van der Waals surface area (Å²) in [4.78, 5) is 27.9. The predicted molar refractivity (Wildman–Crippen MR) is 136 cm³/mol. The van der Waals surface area contributed by atoms with Crippen LogP contribution in [0, 0.1) is 0 Å². The molecule has 0 saturated carbocycles. The molecule has 6 rings (SSSR count). The maximum absolute atomic E-state index is 13.1. The van der Waals surface area contributed by atoms with E-state index in [1.807, 2.05) is 49.4 Å². The molecule has 0 fully saturated rings.